The quantitative estimate of drug-likeness (QED) is 0.739. The molecule has 0 bridgehead atoms. The van der Waals surface area contributed by atoms with E-state index >= 15 is 0 Å². The van der Waals surface area contributed by atoms with E-state index in [4.69, 9.17) is 4.74 Å². The maximum absolute atomic E-state index is 12.0. The molecule has 0 spiro atoms. The Balaban J connectivity index is 1.89. The van der Waals surface area contributed by atoms with Crippen LogP contribution in [0.1, 0.15) is 12.8 Å². The van der Waals surface area contributed by atoms with Gasteiger partial charge in [-0.1, -0.05) is 0 Å². The molecule has 2 heterocycles. The molecular formula is C11H20N4O3S. The van der Waals surface area contributed by atoms with E-state index < -0.39 is 10.0 Å². The average molecular weight is 288 g/mol. The van der Waals surface area contributed by atoms with Crippen LogP contribution in [0, 0.1) is 0 Å². The molecule has 1 aromatic heterocycles. The average Bonchev–Trinajstić information content (AvgIpc) is 2.97. The number of nitrogens with one attached hydrogen (secondary N) is 2. The van der Waals surface area contributed by atoms with E-state index in [1.807, 2.05) is 0 Å². The lowest BCUT2D eigenvalue weighted by atomic mass is 10.3. The van der Waals surface area contributed by atoms with Crippen molar-refractivity contribution < 1.29 is 13.2 Å². The summed E-state index contributed by atoms with van der Waals surface area (Å²) >= 11 is 0. The molecule has 1 aliphatic heterocycles. The largest absolute Gasteiger partial charge is 0.383 e. The van der Waals surface area contributed by atoms with Crippen molar-refractivity contribution in [2.45, 2.75) is 25.4 Å². The second-order valence-corrected chi connectivity index (χ2v) is 6.43. The molecule has 2 N–H and O–H groups in total. The number of nitrogens with zero attached hydrogens (tertiary/aromatic N) is 2. The molecule has 1 aliphatic rings. The SMILES string of the molecule is COCCn1cc(NS(=O)(=O)CC2CCCN2)cn1. The number of aromatic nitrogens is 2. The van der Waals surface area contributed by atoms with Gasteiger partial charge in [0.2, 0.25) is 10.0 Å². The Kier molecular flexibility index (Phi) is 4.78. The Morgan fingerprint density at radius 2 is 2.47 bits per heavy atom. The highest BCUT2D eigenvalue weighted by Gasteiger charge is 2.22. The van der Waals surface area contributed by atoms with Crippen molar-refractivity contribution in [2.75, 3.05) is 30.7 Å². The predicted octanol–water partition coefficient (Wildman–Crippen LogP) is 0.0232. The van der Waals surface area contributed by atoms with E-state index in [1.54, 1.807) is 18.0 Å². The lowest BCUT2D eigenvalue weighted by Gasteiger charge is -2.11. The summed E-state index contributed by atoms with van der Waals surface area (Å²) in [5, 5.41) is 7.24. The van der Waals surface area contributed by atoms with Crippen molar-refractivity contribution in [3.63, 3.8) is 0 Å². The summed E-state index contributed by atoms with van der Waals surface area (Å²) in [4.78, 5) is 0. The smallest absolute Gasteiger partial charge is 0.234 e. The summed E-state index contributed by atoms with van der Waals surface area (Å²) < 4.78 is 33.1. The van der Waals surface area contributed by atoms with Crippen LogP contribution in [0.2, 0.25) is 0 Å². The maximum atomic E-state index is 12.0. The Labute approximate surface area is 113 Å². The number of methoxy groups -OCH3 is 1. The van der Waals surface area contributed by atoms with Crippen molar-refractivity contribution in [2.24, 2.45) is 0 Å². The van der Waals surface area contributed by atoms with Crippen LogP contribution in [0.5, 0.6) is 0 Å². The van der Waals surface area contributed by atoms with Gasteiger partial charge in [-0.2, -0.15) is 5.10 Å². The van der Waals surface area contributed by atoms with Crippen LogP contribution in [0.4, 0.5) is 5.69 Å². The molecule has 19 heavy (non-hydrogen) atoms. The van der Waals surface area contributed by atoms with E-state index in [0.29, 0.717) is 18.8 Å². The number of ether oxygens (including phenoxy) is 1. The number of sulfonamides is 1. The molecule has 7 nitrogen and oxygen atoms in total. The van der Waals surface area contributed by atoms with Gasteiger partial charge >= 0.3 is 0 Å². The van der Waals surface area contributed by atoms with Gasteiger partial charge in [0.15, 0.2) is 0 Å². The highest BCUT2D eigenvalue weighted by molar-refractivity contribution is 7.92. The van der Waals surface area contributed by atoms with Gasteiger partial charge in [-0.3, -0.25) is 9.40 Å². The first kappa shape index (κ1) is 14.3. The third kappa shape index (κ3) is 4.48. The maximum Gasteiger partial charge on any atom is 0.234 e. The zero-order valence-electron chi connectivity index (χ0n) is 11.0. The second kappa shape index (κ2) is 6.36. The number of rotatable bonds is 7. The van der Waals surface area contributed by atoms with Gasteiger partial charge in [0.1, 0.15) is 0 Å². The molecule has 0 radical (unpaired) electrons. The molecule has 0 saturated carbocycles. The van der Waals surface area contributed by atoms with Gasteiger partial charge in [0.05, 0.1) is 30.8 Å². The molecule has 0 aromatic carbocycles. The minimum atomic E-state index is -3.32. The Bertz CT molecular complexity index is 494. The molecule has 8 heteroatoms. The normalized spacial score (nSPS) is 19.7. The fraction of sp³-hybridized carbons (Fsp3) is 0.727. The molecule has 108 valence electrons. The molecule has 0 amide bonds. The minimum absolute atomic E-state index is 0.0565. The summed E-state index contributed by atoms with van der Waals surface area (Å²) in [6.45, 7) is 2.04. The van der Waals surface area contributed by atoms with E-state index in [1.165, 1.54) is 6.20 Å². The summed E-state index contributed by atoms with van der Waals surface area (Å²) in [7, 11) is -1.71. The number of hydrogen-bond acceptors (Lipinski definition) is 5. The lowest BCUT2D eigenvalue weighted by molar-refractivity contribution is 0.183. The highest BCUT2D eigenvalue weighted by atomic mass is 32.2. The van der Waals surface area contributed by atoms with E-state index in [9.17, 15) is 8.42 Å². The van der Waals surface area contributed by atoms with Crippen LogP contribution in [-0.2, 0) is 21.3 Å². The van der Waals surface area contributed by atoms with Crippen LogP contribution >= 0.6 is 0 Å². The second-order valence-electron chi connectivity index (χ2n) is 4.66. The van der Waals surface area contributed by atoms with Crippen molar-refractivity contribution in [3.8, 4) is 0 Å². The number of anilines is 1. The van der Waals surface area contributed by atoms with Crippen LogP contribution in [0.25, 0.3) is 0 Å². The van der Waals surface area contributed by atoms with E-state index in [-0.39, 0.29) is 11.8 Å². The first-order chi connectivity index (χ1) is 9.09. The van der Waals surface area contributed by atoms with Crippen LogP contribution in [0.3, 0.4) is 0 Å². The van der Waals surface area contributed by atoms with Crippen LogP contribution < -0.4 is 10.0 Å². The summed E-state index contributed by atoms with van der Waals surface area (Å²) in [5.74, 6) is 0.107. The molecule has 1 unspecified atom stereocenters. The predicted molar refractivity (Wildman–Crippen MR) is 72.5 cm³/mol. The molecular weight excluding hydrogens is 268 g/mol. The van der Waals surface area contributed by atoms with Gasteiger partial charge in [-0.25, -0.2) is 8.42 Å². The fourth-order valence-corrected chi connectivity index (χ4v) is 3.47. The Morgan fingerprint density at radius 3 is 3.16 bits per heavy atom. The lowest BCUT2D eigenvalue weighted by Crippen LogP contribution is -2.32. The van der Waals surface area contributed by atoms with Gasteiger partial charge in [-0.05, 0) is 19.4 Å². The Hall–Kier alpha value is -1.12. The zero-order valence-corrected chi connectivity index (χ0v) is 11.8. The van der Waals surface area contributed by atoms with Gasteiger partial charge in [0, 0.05) is 19.3 Å². The third-order valence-electron chi connectivity index (χ3n) is 3.01. The van der Waals surface area contributed by atoms with E-state index in [2.05, 4.69) is 15.1 Å². The number of hydrogen-bond donors (Lipinski definition) is 2. The monoisotopic (exact) mass is 288 g/mol. The first-order valence-electron chi connectivity index (χ1n) is 6.34. The molecule has 1 saturated heterocycles. The van der Waals surface area contributed by atoms with Crippen molar-refractivity contribution in [1.82, 2.24) is 15.1 Å². The standard InChI is InChI=1S/C11H20N4O3S/c1-18-6-5-15-8-11(7-13-15)14-19(16,17)9-10-3-2-4-12-10/h7-8,10,12,14H,2-6,9H2,1H3. The van der Waals surface area contributed by atoms with Crippen molar-refractivity contribution >= 4 is 15.7 Å². The van der Waals surface area contributed by atoms with Crippen molar-refractivity contribution in [1.29, 1.82) is 0 Å². The third-order valence-corrected chi connectivity index (χ3v) is 4.40. The fourth-order valence-electron chi connectivity index (χ4n) is 2.11. The summed E-state index contributed by atoms with van der Waals surface area (Å²) in [6.07, 6.45) is 5.12. The summed E-state index contributed by atoms with van der Waals surface area (Å²) in [5.41, 5.74) is 0.495. The topological polar surface area (TPSA) is 85.2 Å². The minimum Gasteiger partial charge on any atom is -0.383 e. The molecule has 1 fully saturated rings. The van der Waals surface area contributed by atoms with Crippen molar-refractivity contribution in [3.05, 3.63) is 12.4 Å². The molecule has 2 rings (SSSR count). The Morgan fingerprint density at radius 1 is 1.63 bits per heavy atom. The highest BCUT2D eigenvalue weighted by Crippen LogP contribution is 2.12. The molecule has 1 aromatic rings. The zero-order chi connectivity index (χ0) is 13.7. The first-order valence-corrected chi connectivity index (χ1v) is 7.99. The van der Waals surface area contributed by atoms with Crippen LogP contribution in [0.15, 0.2) is 12.4 Å². The van der Waals surface area contributed by atoms with Gasteiger partial charge in [0.25, 0.3) is 0 Å². The van der Waals surface area contributed by atoms with Gasteiger partial charge in [-0.15, -0.1) is 0 Å². The summed E-state index contributed by atoms with van der Waals surface area (Å²) in [6, 6.07) is 0.0565. The van der Waals surface area contributed by atoms with E-state index in [0.717, 1.165) is 19.4 Å². The molecule has 0 aliphatic carbocycles. The molecule has 1 atom stereocenters. The van der Waals surface area contributed by atoms with Crippen LogP contribution in [-0.4, -0.2) is 50.3 Å². The van der Waals surface area contributed by atoms with Gasteiger partial charge < -0.3 is 10.1 Å².